The number of fused-ring (bicyclic) bond motifs is 8. The minimum atomic E-state index is -0.380. The first-order valence-corrected chi connectivity index (χ1v) is 19.0. The highest BCUT2D eigenvalue weighted by atomic mass is 16.6. The summed E-state index contributed by atoms with van der Waals surface area (Å²) in [5, 5.41) is 2.23. The van der Waals surface area contributed by atoms with Gasteiger partial charge in [0.1, 0.15) is 17.4 Å². The Bertz CT molecular complexity index is 1730. The van der Waals surface area contributed by atoms with Crippen molar-refractivity contribution in [2.75, 3.05) is 6.61 Å². The predicted molar refractivity (Wildman–Crippen MR) is 193 cm³/mol. The second kappa shape index (κ2) is 13.3. The molecule has 5 nitrogen and oxygen atoms in total. The maximum Gasteiger partial charge on any atom is 0.344 e. The summed E-state index contributed by atoms with van der Waals surface area (Å²) < 4.78 is 17.4. The molecule has 0 radical (unpaired) electrons. The molecule has 0 N–H and O–H groups in total. The largest absolute Gasteiger partial charge is 0.482 e. The van der Waals surface area contributed by atoms with Gasteiger partial charge in [-0.25, -0.2) is 9.59 Å². The first-order chi connectivity index (χ1) is 23.0. The fraction of sp³-hybridized carbons (Fsp3) is 0.628. The van der Waals surface area contributed by atoms with Crippen LogP contribution in [-0.2, 0) is 9.53 Å². The average Bonchev–Trinajstić information content (AvgIpc) is 3.06. The van der Waals surface area contributed by atoms with Gasteiger partial charge in [-0.15, -0.1) is 0 Å². The van der Waals surface area contributed by atoms with Gasteiger partial charge in [-0.05, 0) is 121 Å². The molecule has 1 aromatic heterocycles. The highest BCUT2D eigenvalue weighted by Gasteiger charge is 2.56. The van der Waals surface area contributed by atoms with E-state index >= 15 is 0 Å². The van der Waals surface area contributed by atoms with Crippen molar-refractivity contribution >= 4 is 27.7 Å². The summed E-state index contributed by atoms with van der Waals surface area (Å²) in [5.74, 6) is 5.10. The highest BCUT2D eigenvalue weighted by Crippen LogP contribution is 2.65. The van der Waals surface area contributed by atoms with Crippen molar-refractivity contribution in [1.82, 2.24) is 0 Å². The first-order valence-electron chi connectivity index (χ1n) is 19.0. The SMILES string of the molecule is CC(C)CCC[C@H](C)[C@@H]1CC[C@@H]2[C@@H]3CC=C4C[C@H](OC(=O)COc5ccc6c(c5)oc(=O)c5ccccc56)CC[C@]4(C)[C@H]3CC[C@]2(C)C1. The van der Waals surface area contributed by atoms with Crippen LogP contribution < -0.4 is 10.4 Å². The van der Waals surface area contributed by atoms with E-state index in [1.54, 1.807) is 12.1 Å². The topological polar surface area (TPSA) is 65.7 Å². The van der Waals surface area contributed by atoms with Gasteiger partial charge in [-0.3, -0.25) is 0 Å². The Morgan fingerprint density at radius 3 is 2.56 bits per heavy atom. The molecule has 5 heteroatoms. The molecular formula is C43H56O5. The normalized spacial score (nSPS) is 32.2. The van der Waals surface area contributed by atoms with Crippen LogP contribution in [0.2, 0.25) is 0 Å². The van der Waals surface area contributed by atoms with Gasteiger partial charge < -0.3 is 13.9 Å². The highest BCUT2D eigenvalue weighted by molar-refractivity contribution is 6.04. The number of hydrogen-bond donors (Lipinski definition) is 0. The minimum Gasteiger partial charge on any atom is -0.482 e. The average molecular weight is 653 g/mol. The molecule has 3 fully saturated rings. The Labute approximate surface area is 286 Å². The summed E-state index contributed by atoms with van der Waals surface area (Å²) in [6, 6.07) is 12.8. The Hall–Kier alpha value is -3.08. The number of carbonyl (C=O) groups is 1. The van der Waals surface area contributed by atoms with E-state index in [-0.39, 0.29) is 29.7 Å². The van der Waals surface area contributed by atoms with E-state index in [4.69, 9.17) is 13.9 Å². The molecule has 3 saturated carbocycles. The molecule has 1 heterocycles. The monoisotopic (exact) mass is 652 g/mol. The van der Waals surface area contributed by atoms with Crippen molar-refractivity contribution < 1.29 is 18.7 Å². The molecule has 0 spiro atoms. The lowest BCUT2D eigenvalue weighted by molar-refractivity contribution is -0.154. The van der Waals surface area contributed by atoms with E-state index in [1.807, 2.05) is 30.3 Å². The Morgan fingerprint density at radius 2 is 1.75 bits per heavy atom. The minimum absolute atomic E-state index is 0.0977. The molecule has 0 unspecified atom stereocenters. The number of benzene rings is 2. The predicted octanol–water partition coefficient (Wildman–Crippen LogP) is 10.7. The molecular weight excluding hydrogens is 596 g/mol. The number of allylic oxidation sites excluding steroid dienone is 1. The summed E-state index contributed by atoms with van der Waals surface area (Å²) >= 11 is 0. The smallest absolute Gasteiger partial charge is 0.344 e. The molecule has 258 valence electrons. The number of hydrogen-bond acceptors (Lipinski definition) is 5. The fourth-order valence-corrected chi connectivity index (χ4v) is 10.9. The van der Waals surface area contributed by atoms with Crippen molar-refractivity contribution in [2.45, 2.75) is 118 Å². The van der Waals surface area contributed by atoms with E-state index in [1.165, 1.54) is 63.4 Å². The zero-order valence-corrected chi connectivity index (χ0v) is 29.9. The number of esters is 1. The maximum atomic E-state index is 13.0. The number of carbonyl (C=O) groups excluding carboxylic acids is 1. The van der Waals surface area contributed by atoms with Crippen LogP contribution in [0.4, 0.5) is 0 Å². The molecule has 4 aliphatic carbocycles. The van der Waals surface area contributed by atoms with Crippen molar-refractivity contribution in [3.63, 3.8) is 0 Å². The number of ether oxygens (including phenoxy) is 2. The standard InChI is InChI=1S/C43H56O5/c1-27(2)9-8-10-28(3)29-13-18-37-36-16-14-30-23-32(19-22-43(30,5)38(36)20-21-42(37,4)25-29)47-40(44)26-46-31-15-17-34-33-11-6-7-12-35(33)41(45)48-39(34)24-31/h6-7,11-12,14-15,17,24,27-29,32,36-38H,8-10,13,16,18-23,25-26H2,1-5H3/t28-,29+,32+,36-,37+,38-,42+,43-/m0/s1. The second-order valence-corrected chi connectivity index (χ2v) is 17.0. The fourth-order valence-electron chi connectivity index (χ4n) is 10.9. The molecule has 3 aromatic rings. The summed E-state index contributed by atoms with van der Waals surface area (Å²) in [5.41, 5.74) is 2.32. The van der Waals surface area contributed by atoms with E-state index < -0.39 is 0 Å². The summed E-state index contributed by atoms with van der Waals surface area (Å²) in [6.45, 7) is 12.3. The van der Waals surface area contributed by atoms with Crippen LogP contribution in [0.5, 0.6) is 5.75 Å². The molecule has 8 atom stereocenters. The van der Waals surface area contributed by atoms with E-state index in [2.05, 4.69) is 40.7 Å². The zero-order valence-electron chi connectivity index (χ0n) is 29.9. The molecule has 0 bridgehead atoms. The van der Waals surface area contributed by atoms with E-state index in [0.717, 1.165) is 65.5 Å². The summed E-state index contributed by atoms with van der Waals surface area (Å²) in [6.07, 6.45) is 17.7. The lowest BCUT2D eigenvalue weighted by Crippen LogP contribution is -2.52. The van der Waals surface area contributed by atoms with Crippen LogP contribution >= 0.6 is 0 Å². The Kier molecular flexibility index (Phi) is 9.28. The van der Waals surface area contributed by atoms with Crippen LogP contribution in [0, 0.1) is 46.3 Å². The van der Waals surface area contributed by atoms with Crippen molar-refractivity contribution in [1.29, 1.82) is 0 Å². The Morgan fingerprint density at radius 1 is 0.938 bits per heavy atom. The van der Waals surface area contributed by atoms with Gasteiger partial charge in [-0.1, -0.05) is 83.7 Å². The van der Waals surface area contributed by atoms with Crippen LogP contribution in [0.25, 0.3) is 21.7 Å². The molecule has 2 aromatic carbocycles. The van der Waals surface area contributed by atoms with Gasteiger partial charge in [-0.2, -0.15) is 0 Å². The molecule has 4 aliphatic rings. The van der Waals surface area contributed by atoms with Crippen LogP contribution in [0.1, 0.15) is 112 Å². The van der Waals surface area contributed by atoms with E-state index in [9.17, 15) is 9.59 Å². The van der Waals surface area contributed by atoms with Crippen molar-refractivity contribution in [3.05, 3.63) is 64.5 Å². The second-order valence-electron chi connectivity index (χ2n) is 17.0. The Balaban J connectivity index is 0.947. The van der Waals surface area contributed by atoms with Gasteiger partial charge in [0.25, 0.3) is 0 Å². The zero-order chi connectivity index (χ0) is 33.6. The molecule has 0 aliphatic heterocycles. The quantitative estimate of drug-likeness (QED) is 0.0996. The lowest BCUT2D eigenvalue weighted by atomic mass is 9.44. The van der Waals surface area contributed by atoms with Gasteiger partial charge in [0.2, 0.25) is 0 Å². The van der Waals surface area contributed by atoms with Gasteiger partial charge >= 0.3 is 11.6 Å². The van der Waals surface area contributed by atoms with Crippen LogP contribution in [-0.4, -0.2) is 18.7 Å². The lowest BCUT2D eigenvalue weighted by Gasteiger charge is -2.61. The number of rotatable bonds is 9. The van der Waals surface area contributed by atoms with Crippen molar-refractivity contribution in [3.8, 4) is 5.75 Å². The van der Waals surface area contributed by atoms with E-state index in [0.29, 0.717) is 22.1 Å². The summed E-state index contributed by atoms with van der Waals surface area (Å²) in [7, 11) is 0. The molecule has 0 amide bonds. The van der Waals surface area contributed by atoms with Gasteiger partial charge in [0.05, 0.1) is 5.39 Å². The summed E-state index contributed by atoms with van der Waals surface area (Å²) in [4.78, 5) is 25.4. The van der Waals surface area contributed by atoms with Crippen molar-refractivity contribution in [2.24, 2.45) is 46.3 Å². The van der Waals surface area contributed by atoms with Crippen LogP contribution in [0.15, 0.2) is 63.3 Å². The van der Waals surface area contributed by atoms with Gasteiger partial charge in [0.15, 0.2) is 6.61 Å². The maximum absolute atomic E-state index is 13.0. The van der Waals surface area contributed by atoms with Crippen LogP contribution in [0.3, 0.4) is 0 Å². The third-order valence-electron chi connectivity index (χ3n) is 13.6. The van der Waals surface area contributed by atoms with Gasteiger partial charge in [0, 0.05) is 17.9 Å². The molecule has 7 rings (SSSR count). The third kappa shape index (κ3) is 6.36. The first kappa shape index (κ1) is 33.4. The molecule has 0 saturated heterocycles. The third-order valence-corrected chi connectivity index (χ3v) is 13.6. The molecule has 48 heavy (non-hydrogen) atoms.